The summed E-state index contributed by atoms with van der Waals surface area (Å²) in [5.74, 6) is -0.0437. The molecule has 1 heterocycles. The molecule has 0 radical (unpaired) electrons. The fourth-order valence-electron chi connectivity index (χ4n) is 1.23. The number of halogens is 3. The lowest BCUT2D eigenvalue weighted by Crippen LogP contribution is -2.04. The van der Waals surface area contributed by atoms with E-state index in [0.717, 1.165) is 6.20 Å². The third-order valence-electron chi connectivity index (χ3n) is 1.91. The van der Waals surface area contributed by atoms with Gasteiger partial charge in [-0.05, 0) is 0 Å². The van der Waals surface area contributed by atoms with E-state index in [4.69, 9.17) is 4.74 Å². The van der Waals surface area contributed by atoms with Crippen molar-refractivity contribution in [3.8, 4) is 5.88 Å². The van der Waals surface area contributed by atoms with Crippen LogP contribution in [0.3, 0.4) is 0 Å². The number of pyridine rings is 1. The summed E-state index contributed by atoms with van der Waals surface area (Å²) in [6.45, 7) is 0. The molecule has 0 atom stereocenters. The lowest BCUT2D eigenvalue weighted by atomic mass is 10.1. The molecule has 16 heavy (non-hydrogen) atoms. The number of ether oxygens (including phenoxy) is 1. The number of hydrogen-bond donors (Lipinski definition) is 0. The van der Waals surface area contributed by atoms with Crippen molar-refractivity contribution < 1.29 is 18.4 Å². The minimum absolute atomic E-state index is 0.00449. The molecule has 1 rings (SSSR count). The molecule has 0 saturated carbocycles. The Bertz CT molecular complexity index is 415. The second-order valence-corrected chi connectivity index (χ2v) is 3.30. The first-order valence-electron chi connectivity index (χ1n) is 4.07. The Labute approximate surface area is 97.7 Å². The predicted molar refractivity (Wildman–Crippen MR) is 55.0 cm³/mol. The first-order valence-corrected chi connectivity index (χ1v) is 5.19. The highest BCUT2D eigenvalue weighted by Crippen LogP contribution is 2.36. The maximum atomic E-state index is 12.7. The highest BCUT2D eigenvalue weighted by Gasteiger charge is 2.28. The zero-order valence-electron chi connectivity index (χ0n) is 8.11. The molecule has 0 N–H and O–H groups in total. The second-order valence-electron chi connectivity index (χ2n) is 2.74. The van der Waals surface area contributed by atoms with Crippen molar-refractivity contribution in [3.63, 3.8) is 0 Å². The molecule has 8 heteroatoms. The van der Waals surface area contributed by atoms with E-state index in [0.29, 0.717) is 0 Å². The Kier molecular flexibility index (Phi) is 4.11. The summed E-state index contributed by atoms with van der Waals surface area (Å²) in [6.07, 6.45) is -2.18. The lowest BCUT2D eigenvalue weighted by molar-refractivity contribution is -0.386. The van der Waals surface area contributed by atoms with E-state index < -0.39 is 22.6 Å². The lowest BCUT2D eigenvalue weighted by Gasteiger charge is -2.10. The Morgan fingerprint density at radius 2 is 2.31 bits per heavy atom. The summed E-state index contributed by atoms with van der Waals surface area (Å²) in [4.78, 5) is 13.3. The highest BCUT2D eigenvalue weighted by molar-refractivity contribution is 9.08. The Morgan fingerprint density at radius 3 is 2.69 bits per heavy atom. The van der Waals surface area contributed by atoms with Crippen LogP contribution in [0.1, 0.15) is 17.6 Å². The molecular formula is C8H7BrF2N2O3. The number of aromatic nitrogens is 1. The van der Waals surface area contributed by atoms with E-state index in [2.05, 4.69) is 20.9 Å². The third-order valence-corrected chi connectivity index (χ3v) is 2.47. The van der Waals surface area contributed by atoms with E-state index >= 15 is 0 Å². The minimum atomic E-state index is -2.95. The second kappa shape index (κ2) is 5.15. The topological polar surface area (TPSA) is 65.3 Å². The smallest absolute Gasteiger partial charge is 0.297 e. The van der Waals surface area contributed by atoms with E-state index in [1.165, 1.54) is 7.11 Å². The molecule has 0 unspecified atom stereocenters. The monoisotopic (exact) mass is 296 g/mol. The van der Waals surface area contributed by atoms with E-state index in [9.17, 15) is 18.9 Å². The number of alkyl halides is 3. The summed E-state index contributed by atoms with van der Waals surface area (Å²) in [5, 5.41) is 10.6. The molecule has 1 aromatic rings. The summed E-state index contributed by atoms with van der Waals surface area (Å²) in [6, 6.07) is 0. The fourth-order valence-corrected chi connectivity index (χ4v) is 1.77. The van der Waals surface area contributed by atoms with Gasteiger partial charge >= 0.3 is 0 Å². The summed E-state index contributed by atoms with van der Waals surface area (Å²) < 4.78 is 30.3. The van der Waals surface area contributed by atoms with Crippen molar-refractivity contribution in [2.75, 3.05) is 7.11 Å². The van der Waals surface area contributed by atoms with Crippen LogP contribution in [0.5, 0.6) is 5.88 Å². The van der Waals surface area contributed by atoms with Gasteiger partial charge in [0.05, 0.1) is 12.0 Å². The summed E-state index contributed by atoms with van der Waals surface area (Å²) in [5.41, 5.74) is -1.37. The first kappa shape index (κ1) is 12.8. The molecule has 0 fully saturated rings. The average molecular weight is 297 g/mol. The summed E-state index contributed by atoms with van der Waals surface area (Å²) in [7, 11) is 1.26. The van der Waals surface area contributed by atoms with Crippen LogP contribution in [0.15, 0.2) is 6.20 Å². The van der Waals surface area contributed by atoms with Gasteiger partial charge in [0, 0.05) is 10.9 Å². The maximum Gasteiger partial charge on any atom is 0.297 e. The zero-order valence-corrected chi connectivity index (χ0v) is 9.70. The Balaban J connectivity index is 3.50. The molecule has 5 nitrogen and oxygen atoms in total. The van der Waals surface area contributed by atoms with Gasteiger partial charge in [0.1, 0.15) is 11.8 Å². The molecular weight excluding hydrogens is 290 g/mol. The van der Waals surface area contributed by atoms with Crippen molar-refractivity contribution in [2.24, 2.45) is 0 Å². The number of hydrogen-bond acceptors (Lipinski definition) is 4. The quantitative estimate of drug-likeness (QED) is 0.487. The maximum absolute atomic E-state index is 12.7. The Morgan fingerprint density at radius 1 is 1.69 bits per heavy atom. The van der Waals surface area contributed by atoms with Crippen molar-refractivity contribution in [1.29, 1.82) is 0 Å². The molecule has 0 aliphatic rings. The van der Waals surface area contributed by atoms with E-state index in [1.54, 1.807) is 0 Å². The molecule has 0 saturated heterocycles. The molecule has 0 aliphatic heterocycles. The van der Waals surface area contributed by atoms with Crippen LogP contribution in [-0.4, -0.2) is 17.0 Å². The van der Waals surface area contributed by atoms with E-state index in [1.807, 2.05) is 0 Å². The number of methoxy groups -OCH3 is 1. The van der Waals surface area contributed by atoms with Crippen LogP contribution in [0.4, 0.5) is 14.5 Å². The van der Waals surface area contributed by atoms with Crippen molar-refractivity contribution in [2.45, 2.75) is 11.8 Å². The minimum Gasteiger partial charge on any atom is -0.481 e. The molecule has 0 aliphatic carbocycles. The molecule has 1 aromatic heterocycles. The predicted octanol–water partition coefficient (Wildman–Crippen LogP) is 2.83. The first-order chi connectivity index (χ1) is 7.52. The van der Waals surface area contributed by atoms with Crippen molar-refractivity contribution in [1.82, 2.24) is 4.98 Å². The van der Waals surface area contributed by atoms with Gasteiger partial charge in [0.2, 0.25) is 5.88 Å². The van der Waals surface area contributed by atoms with Gasteiger partial charge in [0.25, 0.3) is 12.1 Å². The molecule has 0 aromatic carbocycles. The van der Waals surface area contributed by atoms with Gasteiger partial charge in [-0.2, -0.15) is 0 Å². The molecule has 0 bridgehead atoms. The standard InChI is InChI=1S/C8H7BrF2N2O3/c1-16-8-4(2-9)6(7(10)11)5(3-12-8)13(14)15/h3,7H,2H2,1H3. The molecule has 88 valence electrons. The SMILES string of the molecule is COc1ncc([N+](=O)[O-])c(C(F)F)c1CBr. The van der Waals surface area contributed by atoms with Gasteiger partial charge in [0.15, 0.2) is 0 Å². The van der Waals surface area contributed by atoms with Crippen LogP contribution < -0.4 is 4.74 Å². The van der Waals surface area contributed by atoms with Crippen LogP contribution >= 0.6 is 15.9 Å². The Hall–Kier alpha value is -1.31. The summed E-state index contributed by atoms with van der Waals surface area (Å²) >= 11 is 2.98. The van der Waals surface area contributed by atoms with Crippen LogP contribution in [0, 0.1) is 10.1 Å². The number of rotatable bonds is 4. The van der Waals surface area contributed by atoms with Crippen molar-refractivity contribution in [3.05, 3.63) is 27.4 Å². The van der Waals surface area contributed by atoms with Gasteiger partial charge in [-0.3, -0.25) is 10.1 Å². The normalized spacial score (nSPS) is 10.6. The number of nitrogens with zero attached hydrogens (tertiary/aromatic N) is 2. The van der Waals surface area contributed by atoms with Gasteiger partial charge in [-0.1, -0.05) is 15.9 Å². The largest absolute Gasteiger partial charge is 0.481 e. The molecule has 0 spiro atoms. The molecule has 0 amide bonds. The zero-order chi connectivity index (χ0) is 12.3. The van der Waals surface area contributed by atoms with Gasteiger partial charge in [-0.15, -0.1) is 0 Å². The van der Waals surface area contributed by atoms with Crippen LogP contribution in [0.2, 0.25) is 0 Å². The fraction of sp³-hybridized carbons (Fsp3) is 0.375. The van der Waals surface area contributed by atoms with Crippen LogP contribution in [0.25, 0.3) is 0 Å². The van der Waals surface area contributed by atoms with Gasteiger partial charge in [-0.25, -0.2) is 13.8 Å². The van der Waals surface area contributed by atoms with Crippen LogP contribution in [-0.2, 0) is 5.33 Å². The average Bonchev–Trinajstić information content (AvgIpc) is 2.26. The third kappa shape index (κ3) is 2.26. The van der Waals surface area contributed by atoms with E-state index in [-0.39, 0.29) is 16.8 Å². The highest BCUT2D eigenvalue weighted by atomic mass is 79.9. The van der Waals surface area contributed by atoms with Gasteiger partial charge < -0.3 is 4.74 Å². The number of nitro groups is 1. The van der Waals surface area contributed by atoms with Crippen molar-refractivity contribution >= 4 is 21.6 Å².